The number of nitrogens with zero attached hydrogens (tertiary/aromatic N) is 2. The van der Waals surface area contributed by atoms with Crippen molar-refractivity contribution in [3.63, 3.8) is 0 Å². The van der Waals surface area contributed by atoms with Crippen LogP contribution in [-0.2, 0) is 4.84 Å². The molecule has 2 bridgehead atoms. The van der Waals surface area contributed by atoms with Crippen LogP contribution in [0.1, 0.15) is 32.1 Å². The molecule has 4 nitrogen and oxygen atoms in total. The van der Waals surface area contributed by atoms with Gasteiger partial charge in [-0.1, -0.05) is 25.3 Å². The fourth-order valence-corrected chi connectivity index (χ4v) is 5.29. The Labute approximate surface area is 120 Å². The first-order chi connectivity index (χ1) is 9.81. The lowest BCUT2D eigenvalue weighted by Gasteiger charge is -2.57. The molecule has 5 atom stereocenters. The van der Waals surface area contributed by atoms with E-state index in [-0.39, 0.29) is 6.03 Å². The molecular weight excluding hydrogens is 252 g/mol. The minimum Gasteiger partial charge on any atom is -0.320 e. The fraction of sp³-hybridized carbons (Fsp3) is 0.812. The van der Waals surface area contributed by atoms with E-state index >= 15 is 0 Å². The molecule has 0 N–H and O–H groups in total. The van der Waals surface area contributed by atoms with Gasteiger partial charge in [0.1, 0.15) is 0 Å². The van der Waals surface area contributed by atoms with Crippen LogP contribution < -0.4 is 0 Å². The predicted octanol–water partition coefficient (Wildman–Crippen LogP) is 2.67. The van der Waals surface area contributed by atoms with Crippen molar-refractivity contribution >= 4 is 6.03 Å². The maximum atomic E-state index is 12.4. The Kier molecular flexibility index (Phi) is 3.02. The summed E-state index contributed by atoms with van der Waals surface area (Å²) in [6.45, 7) is 5.96. The van der Waals surface area contributed by atoms with Crippen LogP contribution in [0.2, 0.25) is 0 Å². The zero-order chi connectivity index (χ0) is 13.7. The summed E-state index contributed by atoms with van der Waals surface area (Å²) in [5.41, 5.74) is 0. The number of hydrogen-bond acceptors (Lipinski definition) is 2. The van der Waals surface area contributed by atoms with Gasteiger partial charge in [0.15, 0.2) is 0 Å². The average molecular weight is 276 g/mol. The Hall–Kier alpha value is -1.03. The Balaban J connectivity index is 1.56. The molecule has 4 unspecified atom stereocenters. The zero-order valence-electron chi connectivity index (χ0n) is 12.0. The van der Waals surface area contributed by atoms with Crippen LogP contribution in [0.5, 0.6) is 0 Å². The fourth-order valence-electron chi connectivity index (χ4n) is 5.29. The molecule has 0 radical (unpaired) electrons. The van der Waals surface area contributed by atoms with Crippen LogP contribution in [-0.4, -0.2) is 41.7 Å². The molecule has 4 aliphatic rings. The average Bonchev–Trinajstić information content (AvgIpc) is 2.61. The summed E-state index contributed by atoms with van der Waals surface area (Å²) in [5.74, 6) is 3.14. The third-order valence-corrected chi connectivity index (χ3v) is 6.04. The molecule has 2 amide bonds. The Morgan fingerprint density at radius 3 is 2.75 bits per heavy atom. The van der Waals surface area contributed by atoms with Gasteiger partial charge in [0.2, 0.25) is 0 Å². The van der Waals surface area contributed by atoms with E-state index in [4.69, 9.17) is 4.84 Å². The zero-order valence-corrected chi connectivity index (χ0v) is 12.0. The highest BCUT2D eigenvalue weighted by Crippen LogP contribution is 2.58. The van der Waals surface area contributed by atoms with Crippen molar-refractivity contribution < 1.29 is 9.63 Å². The smallest absolute Gasteiger partial charge is 0.320 e. The van der Waals surface area contributed by atoms with Gasteiger partial charge >= 0.3 is 6.03 Å². The molecule has 2 saturated carbocycles. The number of fused-ring (bicyclic) bond motifs is 7. The quantitative estimate of drug-likeness (QED) is 0.742. The molecule has 0 spiro atoms. The molecule has 4 fully saturated rings. The summed E-state index contributed by atoms with van der Waals surface area (Å²) in [4.78, 5) is 20.1. The SMILES string of the molecule is C=CCON1C(=O)N2CC3C4CCCCCC4[C@H]3C1C2. The van der Waals surface area contributed by atoms with E-state index in [1.165, 1.54) is 32.1 Å². The highest BCUT2D eigenvalue weighted by Gasteiger charge is 2.61. The molecule has 0 aromatic heterocycles. The lowest BCUT2D eigenvalue weighted by atomic mass is 9.51. The number of carbonyl (C=O) groups excluding carboxylic acids is 1. The van der Waals surface area contributed by atoms with Gasteiger partial charge in [-0.3, -0.25) is 4.84 Å². The minimum atomic E-state index is 0.0841. The van der Waals surface area contributed by atoms with Crippen molar-refractivity contribution in [1.82, 2.24) is 9.96 Å². The van der Waals surface area contributed by atoms with Gasteiger partial charge in [0.05, 0.1) is 12.6 Å². The molecule has 2 saturated heterocycles. The second kappa shape index (κ2) is 4.76. The van der Waals surface area contributed by atoms with Gasteiger partial charge in [-0.25, -0.2) is 4.79 Å². The summed E-state index contributed by atoms with van der Waals surface area (Å²) in [6.07, 6.45) is 8.63. The van der Waals surface area contributed by atoms with Crippen molar-refractivity contribution in [2.45, 2.75) is 38.1 Å². The first-order valence-corrected chi connectivity index (χ1v) is 8.13. The largest absolute Gasteiger partial charge is 0.344 e. The lowest BCUT2D eigenvalue weighted by Crippen LogP contribution is -2.60. The lowest BCUT2D eigenvalue weighted by molar-refractivity contribution is -0.171. The summed E-state index contributed by atoms with van der Waals surface area (Å²) in [7, 11) is 0. The predicted molar refractivity (Wildman–Crippen MR) is 75.8 cm³/mol. The van der Waals surface area contributed by atoms with E-state index in [0.29, 0.717) is 18.6 Å². The minimum absolute atomic E-state index is 0.0841. The maximum absolute atomic E-state index is 12.4. The molecular formula is C16H24N2O2. The Morgan fingerprint density at radius 2 is 1.95 bits per heavy atom. The highest BCUT2D eigenvalue weighted by molar-refractivity contribution is 5.76. The van der Waals surface area contributed by atoms with E-state index in [0.717, 1.165) is 30.8 Å². The van der Waals surface area contributed by atoms with E-state index < -0.39 is 0 Å². The van der Waals surface area contributed by atoms with Gasteiger partial charge in [-0.15, -0.1) is 6.58 Å². The van der Waals surface area contributed by atoms with Crippen molar-refractivity contribution in [2.24, 2.45) is 23.7 Å². The second-order valence-corrected chi connectivity index (χ2v) is 6.87. The molecule has 4 heteroatoms. The number of hydroxylamine groups is 2. The highest BCUT2D eigenvalue weighted by atomic mass is 16.7. The Bertz CT molecular complexity index is 425. The van der Waals surface area contributed by atoms with E-state index in [9.17, 15) is 4.79 Å². The van der Waals surface area contributed by atoms with Gasteiger partial charge in [-0.2, -0.15) is 5.06 Å². The molecule has 2 aliphatic carbocycles. The standard InChI is InChI=1S/C16H24N2O2/c1-2-8-20-18-14-10-17(16(18)19)9-13-11-6-4-3-5-7-12(11)15(13)14/h2,11-15H,1,3-10H2/t11?,12?,13?,14?,15-/m1/s1. The van der Waals surface area contributed by atoms with Crippen molar-refractivity contribution in [1.29, 1.82) is 0 Å². The number of amides is 2. The van der Waals surface area contributed by atoms with Crippen LogP contribution >= 0.6 is 0 Å². The first kappa shape index (κ1) is 12.7. The number of piperidine rings is 1. The summed E-state index contributed by atoms with van der Waals surface area (Å²) in [6, 6.07) is 0.376. The second-order valence-electron chi connectivity index (χ2n) is 6.87. The van der Waals surface area contributed by atoms with Crippen LogP contribution in [0.3, 0.4) is 0 Å². The molecule has 0 aromatic carbocycles. The molecule has 110 valence electrons. The number of carbonyl (C=O) groups is 1. The third kappa shape index (κ3) is 1.67. The summed E-state index contributed by atoms with van der Waals surface area (Å²) < 4.78 is 0. The van der Waals surface area contributed by atoms with Crippen LogP contribution in [0.25, 0.3) is 0 Å². The topological polar surface area (TPSA) is 32.8 Å². The van der Waals surface area contributed by atoms with Gasteiger partial charge in [-0.05, 0) is 36.5 Å². The van der Waals surface area contributed by atoms with E-state index in [2.05, 4.69) is 6.58 Å². The van der Waals surface area contributed by atoms with Gasteiger partial charge in [0, 0.05) is 13.1 Å². The maximum Gasteiger partial charge on any atom is 0.344 e. The normalized spacial score (nSPS) is 42.6. The molecule has 4 rings (SSSR count). The number of hydrogen-bond donors (Lipinski definition) is 0. The van der Waals surface area contributed by atoms with Crippen molar-refractivity contribution in [3.8, 4) is 0 Å². The number of rotatable bonds is 3. The van der Waals surface area contributed by atoms with Crippen LogP contribution in [0.15, 0.2) is 12.7 Å². The van der Waals surface area contributed by atoms with Gasteiger partial charge in [0.25, 0.3) is 0 Å². The molecule has 2 aliphatic heterocycles. The van der Waals surface area contributed by atoms with Crippen molar-refractivity contribution in [3.05, 3.63) is 12.7 Å². The van der Waals surface area contributed by atoms with E-state index in [1.54, 1.807) is 11.1 Å². The molecule has 20 heavy (non-hydrogen) atoms. The van der Waals surface area contributed by atoms with Crippen LogP contribution in [0, 0.1) is 23.7 Å². The monoisotopic (exact) mass is 276 g/mol. The first-order valence-electron chi connectivity index (χ1n) is 8.13. The Morgan fingerprint density at radius 1 is 1.15 bits per heavy atom. The molecule has 0 aromatic rings. The summed E-state index contributed by atoms with van der Waals surface area (Å²) in [5, 5.41) is 1.67. The number of urea groups is 1. The van der Waals surface area contributed by atoms with E-state index in [1.807, 2.05) is 4.90 Å². The summed E-state index contributed by atoms with van der Waals surface area (Å²) >= 11 is 0. The van der Waals surface area contributed by atoms with Crippen LogP contribution in [0.4, 0.5) is 4.79 Å². The van der Waals surface area contributed by atoms with Gasteiger partial charge < -0.3 is 4.90 Å². The molecule has 2 heterocycles. The van der Waals surface area contributed by atoms with Crippen molar-refractivity contribution in [2.75, 3.05) is 19.7 Å². The third-order valence-electron chi connectivity index (χ3n) is 6.04.